The van der Waals surface area contributed by atoms with Crippen LogP contribution in [0, 0.1) is 5.82 Å². The normalized spacial score (nSPS) is 14.3. The van der Waals surface area contributed by atoms with Crippen molar-refractivity contribution in [2.45, 2.75) is 39.4 Å². The van der Waals surface area contributed by atoms with Gasteiger partial charge in [-0.1, -0.05) is 12.1 Å². The van der Waals surface area contributed by atoms with Gasteiger partial charge >= 0.3 is 0 Å². The predicted octanol–water partition coefficient (Wildman–Crippen LogP) is 3.45. The molecule has 3 nitrogen and oxygen atoms in total. The van der Waals surface area contributed by atoms with Gasteiger partial charge in [-0.25, -0.2) is 4.39 Å². The first-order valence-corrected chi connectivity index (χ1v) is 6.64. The zero-order valence-corrected chi connectivity index (χ0v) is 11.6. The second-order valence-corrected chi connectivity index (χ2v) is 4.79. The van der Waals surface area contributed by atoms with Gasteiger partial charge in [0, 0.05) is 30.4 Å². The molecule has 1 heterocycles. The third kappa shape index (κ3) is 3.41. The van der Waals surface area contributed by atoms with Crippen molar-refractivity contribution >= 4 is 0 Å². The lowest BCUT2D eigenvalue weighted by atomic mass is 10.1. The Morgan fingerprint density at radius 2 is 2.00 bits per heavy atom. The average Bonchev–Trinajstić information content (AvgIpc) is 2.87. The number of hydrogen-bond donors (Lipinski definition) is 1. The lowest BCUT2D eigenvalue weighted by molar-refractivity contribution is 0.491. The fourth-order valence-electron chi connectivity index (χ4n) is 2.12. The SMILES string of the molecule is CCn1cc(C(C)N[C@@H](C)c2cccc(F)c2)cn1. The van der Waals surface area contributed by atoms with Crippen LogP contribution in [-0.4, -0.2) is 9.78 Å². The van der Waals surface area contributed by atoms with E-state index in [0.717, 1.165) is 17.7 Å². The van der Waals surface area contributed by atoms with Gasteiger partial charge in [-0.2, -0.15) is 5.10 Å². The number of aromatic nitrogens is 2. The summed E-state index contributed by atoms with van der Waals surface area (Å²) < 4.78 is 15.1. The molecule has 4 heteroatoms. The molecule has 0 aliphatic rings. The lowest BCUT2D eigenvalue weighted by Crippen LogP contribution is -2.22. The van der Waals surface area contributed by atoms with Crippen molar-refractivity contribution in [1.29, 1.82) is 0 Å². The van der Waals surface area contributed by atoms with Gasteiger partial charge in [-0.3, -0.25) is 4.68 Å². The van der Waals surface area contributed by atoms with Crippen molar-refractivity contribution in [2.24, 2.45) is 0 Å². The Bertz CT molecular complexity index is 536. The van der Waals surface area contributed by atoms with Crippen molar-refractivity contribution in [1.82, 2.24) is 15.1 Å². The smallest absolute Gasteiger partial charge is 0.123 e. The molecular formula is C15H20FN3. The van der Waals surface area contributed by atoms with Crippen LogP contribution in [0.1, 0.15) is 44.0 Å². The summed E-state index contributed by atoms with van der Waals surface area (Å²) >= 11 is 0. The molecule has 102 valence electrons. The van der Waals surface area contributed by atoms with Crippen LogP contribution in [0.15, 0.2) is 36.7 Å². The second-order valence-electron chi connectivity index (χ2n) is 4.79. The summed E-state index contributed by atoms with van der Waals surface area (Å²) in [5, 5.41) is 7.72. The average molecular weight is 261 g/mol. The Hall–Kier alpha value is -1.68. The first-order chi connectivity index (χ1) is 9.10. The van der Waals surface area contributed by atoms with E-state index >= 15 is 0 Å². The van der Waals surface area contributed by atoms with Crippen LogP contribution in [0.25, 0.3) is 0 Å². The van der Waals surface area contributed by atoms with Crippen LogP contribution < -0.4 is 5.32 Å². The van der Waals surface area contributed by atoms with Gasteiger partial charge in [0.15, 0.2) is 0 Å². The first kappa shape index (κ1) is 13.7. The fourth-order valence-corrected chi connectivity index (χ4v) is 2.12. The highest BCUT2D eigenvalue weighted by Gasteiger charge is 2.13. The molecule has 0 amide bonds. The van der Waals surface area contributed by atoms with Gasteiger partial charge in [0.2, 0.25) is 0 Å². The molecule has 0 saturated heterocycles. The summed E-state index contributed by atoms with van der Waals surface area (Å²) in [6.45, 7) is 7.05. The van der Waals surface area contributed by atoms with Crippen LogP contribution in [-0.2, 0) is 6.54 Å². The third-order valence-electron chi connectivity index (χ3n) is 3.33. The van der Waals surface area contributed by atoms with E-state index < -0.39 is 0 Å². The zero-order valence-electron chi connectivity index (χ0n) is 11.6. The number of nitrogens with zero attached hydrogens (tertiary/aromatic N) is 2. The van der Waals surface area contributed by atoms with E-state index in [9.17, 15) is 4.39 Å². The van der Waals surface area contributed by atoms with Gasteiger partial charge in [0.25, 0.3) is 0 Å². The topological polar surface area (TPSA) is 29.9 Å². The molecule has 1 unspecified atom stereocenters. The van der Waals surface area contributed by atoms with Gasteiger partial charge in [0.1, 0.15) is 5.82 Å². The number of hydrogen-bond acceptors (Lipinski definition) is 2. The minimum absolute atomic E-state index is 0.0932. The van der Waals surface area contributed by atoms with E-state index in [-0.39, 0.29) is 17.9 Å². The van der Waals surface area contributed by atoms with Gasteiger partial charge in [0.05, 0.1) is 6.20 Å². The van der Waals surface area contributed by atoms with E-state index in [1.165, 1.54) is 6.07 Å². The van der Waals surface area contributed by atoms with E-state index in [1.807, 2.05) is 30.1 Å². The Kier molecular flexibility index (Phi) is 4.32. The molecule has 0 radical (unpaired) electrons. The van der Waals surface area contributed by atoms with Crippen LogP contribution in [0.3, 0.4) is 0 Å². The van der Waals surface area contributed by atoms with Crippen molar-refractivity contribution in [3.05, 3.63) is 53.6 Å². The number of benzene rings is 1. The zero-order chi connectivity index (χ0) is 13.8. The molecular weight excluding hydrogens is 241 g/mol. The van der Waals surface area contributed by atoms with Crippen LogP contribution in [0.5, 0.6) is 0 Å². The maximum Gasteiger partial charge on any atom is 0.123 e. The molecule has 0 saturated carbocycles. The standard InChI is InChI=1S/C15H20FN3/c1-4-19-10-14(9-17-19)12(3)18-11(2)13-6-5-7-15(16)8-13/h5-12,18H,4H2,1-3H3/t11-,12?/m0/s1. The molecule has 1 aromatic carbocycles. The number of aryl methyl sites for hydroxylation is 1. The maximum absolute atomic E-state index is 13.2. The Balaban J connectivity index is 2.03. The molecule has 2 atom stereocenters. The minimum atomic E-state index is -0.197. The molecule has 0 bridgehead atoms. The highest BCUT2D eigenvalue weighted by Crippen LogP contribution is 2.19. The molecule has 0 aliphatic heterocycles. The summed E-state index contributed by atoms with van der Waals surface area (Å²) in [7, 11) is 0. The van der Waals surface area contributed by atoms with Gasteiger partial charge in [-0.15, -0.1) is 0 Å². The summed E-state index contributed by atoms with van der Waals surface area (Å²) in [5.74, 6) is -0.197. The number of nitrogens with one attached hydrogen (secondary N) is 1. The van der Waals surface area contributed by atoms with Crippen molar-refractivity contribution in [3.63, 3.8) is 0 Å². The first-order valence-electron chi connectivity index (χ1n) is 6.64. The predicted molar refractivity (Wildman–Crippen MR) is 74.3 cm³/mol. The molecule has 2 aromatic rings. The lowest BCUT2D eigenvalue weighted by Gasteiger charge is -2.19. The number of rotatable bonds is 5. The number of halogens is 1. The van der Waals surface area contributed by atoms with Crippen LogP contribution in [0.4, 0.5) is 4.39 Å². The van der Waals surface area contributed by atoms with E-state index in [0.29, 0.717) is 0 Å². The van der Waals surface area contributed by atoms with Crippen LogP contribution in [0.2, 0.25) is 0 Å². The van der Waals surface area contributed by atoms with Crippen LogP contribution >= 0.6 is 0 Å². The Morgan fingerprint density at radius 3 is 2.63 bits per heavy atom. The monoisotopic (exact) mass is 261 g/mol. The highest BCUT2D eigenvalue weighted by molar-refractivity contribution is 5.20. The molecule has 0 aliphatic carbocycles. The quantitative estimate of drug-likeness (QED) is 0.893. The summed E-state index contributed by atoms with van der Waals surface area (Å²) in [6.07, 6.45) is 3.91. The van der Waals surface area contributed by atoms with Gasteiger partial charge in [-0.05, 0) is 38.5 Å². The van der Waals surface area contributed by atoms with Crippen molar-refractivity contribution < 1.29 is 4.39 Å². The van der Waals surface area contributed by atoms with Gasteiger partial charge < -0.3 is 5.32 Å². The minimum Gasteiger partial charge on any atom is -0.304 e. The Morgan fingerprint density at radius 1 is 1.26 bits per heavy atom. The summed E-state index contributed by atoms with van der Waals surface area (Å²) in [4.78, 5) is 0. The molecule has 2 rings (SSSR count). The van der Waals surface area contributed by atoms with Crippen molar-refractivity contribution in [3.8, 4) is 0 Å². The molecule has 0 fully saturated rings. The highest BCUT2D eigenvalue weighted by atomic mass is 19.1. The van der Waals surface area contributed by atoms with Crippen molar-refractivity contribution in [2.75, 3.05) is 0 Å². The summed E-state index contributed by atoms with van der Waals surface area (Å²) in [5.41, 5.74) is 2.10. The molecule has 0 spiro atoms. The third-order valence-corrected chi connectivity index (χ3v) is 3.33. The van der Waals surface area contributed by atoms with E-state index in [4.69, 9.17) is 0 Å². The Labute approximate surface area is 113 Å². The fraction of sp³-hybridized carbons (Fsp3) is 0.400. The largest absolute Gasteiger partial charge is 0.304 e. The van der Waals surface area contributed by atoms with E-state index in [2.05, 4.69) is 24.3 Å². The second kappa shape index (κ2) is 5.97. The van der Waals surface area contributed by atoms with E-state index in [1.54, 1.807) is 12.1 Å². The molecule has 19 heavy (non-hydrogen) atoms. The maximum atomic E-state index is 13.2. The summed E-state index contributed by atoms with van der Waals surface area (Å²) in [6, 6.07) is 6.98. The molecule has 1 N–H and O–H groups in total. The molecule has 1 aromatic heterocycles.